The third kappa shape index (κ3) is 10.8. The normalized spacial score (nSPS) is 12.1. The van der Waals surface area contributed by atoms with E-state index >= 15 is 0 Å². The molecule has 0 radical (unpaired) electrons. The average Bonchev–Trinajstić information content (AvgIpc) is 2.99. The van der Waals surface area contributed by atoms with E-state index in [0.717, 1.165) is 5.56 Å². The van der Waals surface area contributed by atoms with Crippen LogP contribution < -0.4 is 5.32 Å². The van der Waals surface area contributed by atoms with Gasteiger partial charge in [0.2, 0.25) is 12.2 Å². The van der Waals surface area contributed by atoms with E-state index in [2.05, 4.69) is 5.32 Å². The van der Waals surface area contributed by atoms with E-state index < -0.39 is 54.2 Å². The van der Waals surface area contributed by atoms with Gasteiger partial charge in [-0.2, -0.15) is 0 Å². The highest BCUT2D eigenvalue weighted by atomic mass is 16.6. The van der Waals surface area contributed by atoms with Gasteiger partial charge in [0.05, 0.1) is 11.1 Å². The molecule has 0 aromatic heterocycles. The maximum absolute atomic E-state index is 12.0. The molecule has 13 heteroatoms. The number of ether oxygens (including phenoxy) is 3. The van der Waals surface area contributed by atoms with Crippen molar-refractivity contribution < 1.29 is 58.3 Å². The first-order chi connectivity index (χ1) is 20.0. The Balaban J connectivity index is 0.000000330. The van der Waals surface area contributed by atoms with E-state index in [9.17, 15) is 39.0 Å². The van der Waals surface area contributed by atoms with Gasteiger partial charge in [-0.3, -0.25) is 4.79 Å². The molecular weight excluding hydrogens is 554 g/mol. The number of benzene rings is 3. The molecule has 0 aliphatic carbocycles. The van der Waals surface area contributed by atoms with Gasteiger partial charge in [-0.05, 0) is 36.8 Å². The first-order valence-corrected chi connectivity index (χ1v) is 12.2. The number of nitrogens with one attached hydrogen (secondary N) is 1. The Bertz CT molecular complexity index is 1290. The lowest BCUT2D eigenvalue weighted by molar-refractivity contribution is -0.166. The summed E-state index contributed by atoms with van der Waals surface area (Å²) in [6.45, 7) is 1.49. The molecule has 3 aromatic carbocycles. The van der Waals surface area contributed by atoms with Crippen molar-refractivity contribution in [1.82, 2.24) is 5.32 Å². The van der Waals surface area contributed by atoms with Crippen LogP contribution in [0.15, 0.2) is 91.0 Å². The molecule has 1 amide bonds. The summed E-state index contributed by atoms with van der Waals surface area (Å²) in [7, 11) is 0. The van der Waals surface area contributed by atoms with E-state index in [1.165, 1.54) is 55.5 Å². The van der Waals surface area contributed by atoms with Crippen LogP contribution in [0.4, 0.5) is 4.79 Å². The van der Waals surface area contributed by atoms with Crippen LogP contribution in [-0.4, -0.2) is 69.5 Å². The number of hydrogen-bond acceptors (Lipinski definition) is 9. The van der Waals surface area contributed by atoms with Gasteiger partial charge in [0, 0.05) is 0 Å². The second kappa shape index (κ2) is 16.4. The van der Waals surface area contributed by atoms with E-state index in [1.54, 1.807) is 12.1 Å². The van der Waals surface area contributed by atoms with Crippen molar-refractivity contribution in [2.24, 2.45) is 0 Å². The molecule has 4 N–H and O–H groups in total. The minimum Gasteiger partial charge on any atom is -0.480 e. The number of hydrogen-bond donors (Lipinski definition) is 4. The van der Waals surface area contributed by atoms with Gasteiger partial charge in [0.1, 0.15) is 12.6 Å². The third-order valence-corrected chi connectivity index (χ3v) is 5.17. The largest absolute Gasteiger partial charge is 0.480 e. The first-order valence-electron chi connectivity index (χ1n) is 12.2. The van der Waals surface area contributed by atoms with Crippen LogP contribution >= 0.6 is 0 Å². The molecular formula is C29H27NO12. The summed E-state index contributed by atoms with van der Waals surface area (Å²) >= 11 is 0. The molecule has 13 nitrogen and oxygen atoms in total. The van der Waals surface area contributed by atoms with Gasteiger partial charge >= 0.3 is 35.9 Å². The van der Waals surface area contributed by atoms with Crippen molar-refractivity contribution >= 4 is 35.9 Å². The number of carbonyl (C=O) groups excluding carboxylic acids is 3. The topological polar surface area (TPSA) is 203 Å². The van der Waals surface area contributed by atoms with Crippen molar-refractivity contribution in [2.45, 2.75) is 31.8 Å². The smallest absolute Gasteiger partial charge is 0.408 e. The molecule has 3 rings (SSSR count). The summed E-state index contributed by atoms with van der Waals surface area (Å²) in [5.41, 5.74) is 0.898. The Morgan fingerprint density at radius 1 is 0.619 bits per heavy atom. The second-order valence-corrected chi connectivity index (χ2v) is 8.33. The number of amides is 1. The molecule has 0 heterocycles. The lowest BCUT2D eigenvalue weighted by Crippen LogP contribution is -2.45. The molecule has 0 aliphatic rings. The molecule has 220 valence electrons. The summed E-state index contributed by atoms with van der Waals surface area (Å²) < 4.78 is 14.4. The molecule has 0 saturated carbocycles. The van der Waals surface area contributed by atoms with Gasteiger partial charge in [0.15, 0.2) is 0 Å². The van der Waals surface area contributed by atoms with Crippen LogP contribution in [-0.2, 0) is 35.2 Å². The molecule has 0 unspecified atom stereocenters. The van der Waals surface area contributed by atoms with Gasteiger partial charge in [-0.15, -0.1) is 0 Å². The minimum absolute atomic E-state index is 0.0253. The summed E-state index contributed by atoms with van der Waals surface area (Å²) in [6.07, 6.45) is -5.17. The highest BCUT2D eigenvalue weighted by molar-refractivity contribution is 5.95. The number of carboxylic acids is 3. The number of aliphatic carboxylic acids is 3. The van der Waals surface area contributed by atoms with Gasteiger partial charge < -0.3 is 34.8 Å². The number of carboxylic acid groups (broad SMARTS) is 3. The fraction of sp³-hybridized carbons (Fsp3) is 0.172. The number of esters is 2. The molecule has 0 bridgehead atoms. The summed E-state index contributed by atoms with van der Waals surface area (Å²) in [5, 5.41) is 29.2. The van der Waals surface area contributed by atoms with E-state index in [1.807, 2.05) is 30.3 Å². The van der Waals surface area contributed by atoms with E-state index in [0.29, 0.717) is 0 Å². The summed E-state index contributed by atoms with van der Waals surface area (Å²) in [5.74, 6) is -6.73. The first kappa shape index (κ1) is 32.5. The lowest BCUT2D eigenvalue weighted by atomic mass is 10.1. The van der Waals surface area contributed by atoms with Crippen LogP contribution in [0.2, 0.25) is 0 Å². The highest BCUT2D eigenvalue weighted by Gasteiger charge is 2.41. The summed E-state index contributed by atoms with van der Waals surface area (Å²) in [6, 6.07) is 23.0. The molecule has 0 spiro atoms. The summed E-state index contributed by atoms with van der Waals surface area (Å²) in [4.78, 5) is 68.4. The van der Waals surface area contributed by atoms with Crippen molar-refractivity contribution in [2.75, 3.05) is 0 Å². The van der Waals surface area contributed by atoms with Crippen molar-refractivity contribution in [3.8, 4) is 0 Å². The fourth-order valence-electron chi connectivity index (χ4n) is 3.00. The maximum Gasteiger partial charge on any atom is 0.408 e. The SMILES string of the molecule is C[C@H](NC(=O)OCc1ccccc1)C(=O)O.O=C(O[C@H](C(=O)O)[C@H](OC(=O)c1ccccc1)C(=O)O)c1ccccc1. The number of rotatable bonds is 11. The van der Waals surface area contributed by atoms with E-state index in [-0.39, 0.29) is 17.7 Å². The molecule has 0 fully saturated rings. The Morgan fingerprint density at radius 2 is 1.00 bits per heavy atom. The third-order valence-electron chi connectivity index (χ3n) is 5.17. The Kier molecular flexibility index (Phi) is 12.7. The van der Waals surface area contributed by atoms with Crippen LogP contribution in [0.5, 0.6) is 0 Å². The fourth-order valence-corrected chi connectivity index (χ4v) is 3.00. The van der Waals surface area contributed by atoms with Crippen molar-refractivity contribution in [3.05, 3.63) is 108 Å². The van der Waals surface area contributed by atoms with Crippen LogP contribution in [0.25, 0.3) is 0 Å². The second-order valence-electron chi connectivity index (χ2n) is 8.33. The number of alkyl carbamates (subject to hydrolysis) is 1. The molecule has 0 aliphatic heterocycles. The minimum atomic E-state index is -2.21. The molecule has 3 aromatic rings. The Hall–Kier alpha value is -5.72. The highest BCUT2D eigenvalue weighted by Crippen LogP contribution is 2.13. The van der Waals surface area contributed by atoms with Gasteiger partial charge in [-0.1, -0.05) is 66.7 Å². The predicted octanol–water partition coefficient (Wildman–Crippen LogP) is 2.99. The Labute approximate surface area is 239 Å². The monoisotopic (exact) mass is 581 g/mol. The van der Waals surface area contributed by atoms with Gasteiger partial charge in [0.25, 0.3) is 0 Å². The maximum atomic E-state index is 12.0. The molecule has 3 atom stereocenters. The zero-order chi connectivity index (χ0) is 31.1. The van der Waals surface area contributed by atoms with E-state index in [4.69, 9.17) is 19.3 Å². The van der Waals surface area contributed by atoms with Crippen LogP contribution in [0.1, 0.15) is 33.2 Å². The zero-order valence-electron chi connectivity index (χ0n) is 22.1. The number of carbonyl (C=O) groups is 6. The quantitative estimate of drug-likeness (QED) is 0.191. The Morgan fingerprint density at radius 3 is 1.36 bits per heavy atom. The zero-order valence-corrected chi connectivity index (χ0v) is 22.1. The average molecular weight is 582 g/mol. The van der Waals surface area contributed by atoms with Crippen LogP contribution in [0, 0.1) is 0 Å². The standard InChI is InChI=1S/C18H14O8.C11H13NO4/c19-15(20)13(25-17(23)11-7-3-1-4-8-11)14(16(21)22)26-18(24)12-9-5-2-6-10-12;1-8(10(13)14)12-11(15)16-7-9-5-3-2-4-6-9/h1-10,13-14H,(H,19,20)(H,21,22);2-6,8H,7H2,1H3,(H,12,15)(H,13,14)/t13-,14-;8-/m00/s1. The lowest BCUT2D eigenvalue weighted by Gasteiger charge is -2.21. The molecule has 0 saturated heterocycles. The van der Waals surface area contributed by atoms with Gasteiger partial charge in [-0.25, -0.2) is 24.0 Å². The van der Waals surface area contributed by atoms with Crippen molar-refractivity contribution in [3.63, 3.8) is 0 Å². The van der Waals surface area contributed by atoms with Crippen molar-refractivity contribution in [1.29, 1.82) is 0 Å². The predicted molar refractivity (Wildman–Crippen MR) is 143 cm³/mol. The molecule has 42 heavy (non-hydrogen) atoms. The van der Waals surface area contributed by atoms with Crippen LogP contribution in [0.3, 0.4) is 0 Å².